The first-order chi connectivity index (χ1) is 15.5. The number of rotatable bonds is 7. The Bertz CT molecular complexity index is 1090. The predicted molar refractivity (Wildman–Crippen MR) is 117 cm³/mol. The topological polar surface area (TPSA) is 116 Å². The molecular formula is C24H26N4O4. The third-order valence-corrected chi connectivity index (χ3v) is 5.41. The minimum absolute atomic E-state index is 0.00130. The molecule has 2 unspecified atom stereocenters. The molecule has 1 aromatic carbocycles. The fourth-order valence-corrected chi connectivity index (χ4v) is 4.00. The summed E-state index contributed by atoms with van der Waals surface area (Å²) in [6.45, 7) is 6.15. The summed E-state index contributed by atoms with van der Waals surface area (Å²) in [4.78, 5) is 13.2. The van der Waals surface area contributed by atoms with E-state index in [-0.39, 0.29) is 13.0 Å². The number of nitriles is 2. The van der Waals surface area contributed by atoms with Gasteiger partial charge in [0.2, 0.25) is 0 Å². The molecule has 8 nitrogen and oxygen atoms in total. The molecule has 0 bridgehead atoms. The summed E-state index contributed by atoms with van der Waals surface area (Å²) in [6.07, 6.45) is 1.50. The van der Waals surface area contributed by atoms with Crippen molar-refractivity contribution in [2.24, 2.45) is 0 Å². The Kier molecular flexibility index (Phi) is 7.19. The van der Waals surface area contributed by atoms with Gasteiger partial charge in [-0.2, -0.15) is 10.5 Å². The van der Waals surface area contributed by atoms with Crippen molar-refractivity contribution in [1.82, 2.24) is 10.6 Å². The van der Waals surface area contributed by atoms with Crippen molar-refractivity contribution in [1.29, 1.82) is 10.5 Å². The van der Waals surface area contributed by atoms with Gasteiger partial charge in [0, 0.05) is 41.3 Å². The van der Waals surface area contributed by atoms with E-state index in [1.165, 1.54) is 7.11 Å². The van der Waals surface area contributed by atoms with Crippen molar-refractivity contribution < 1.29 is 19.0 Å². The zero-order valence-corrected chi connectivity index (χ0v) is 18.6. The first-order valence-corrected chi connectivity index (χ1v) is 10.4. The van der Waals surface area contributed by atoms with Crippen molar-refractivity contribution in [3.05, 3.63) is 63.6 Å². The summed E-state index contributed by atoms with van der Waals surface area (Å²) in [5.41, 5.74) is 4.88. The largest absolute Gasteiger partial charge is 0.496 e. The van der Waals surface area contributed by atoms with Crippen LogP contribution >= 0.6 is 0 Å². The molecule has 2 atom stereocenters. The molecule has 0 radical (unpaired) electrons. The van der Waals surface area contributed by atoms with E-state index in [0.717, 1.165) is 16.8 Å². The summed E-state index contributed by atoms with van der Waals surface area (Å²) in [5, 5.41) is 24.8. The van der Waals surface area contributed by atoms with Crippen LogP contribution < -0.4 is 15.4 Å². The van der Waals surface area contributed by atoms with E-state index < -0.39 is 18.1 Å². The van der Waals surface area contributed by atoms with E-state index in [1.54, 1.807) is 18.2 Å². The van der Waals surface area contributed by atoms with Crippen molar-refractivity contribution in [3.63, 3.8) is 0 Å². The molecule has 0 saturated heterocycles. The molecule has 2 aliphatic heterocycles. The number of carbonyl (C=O) groups is 1. The van der Waals surface area contributed by atoms with Gasteiger partial charge in [-0.15, -0.1) is 0 Å². The predicted octanol–water partition coefficient (Wildman–Crippen LogP) is 3.11. The van der Waals surface area contributed by atoms with E-state index >= 15 is 0 Å². The molecule has 2 aliphatic rings. The summed E-state index contributed by atoms with van der Waals surface area (Å²) >= 11 is 0. The molecule has 2 heterocycles. The van der Waals surface area contributed by atoms with Gasteiger partial charge < -0.3 is 24.8 Å². The maximum absolute atomic E-state index is 13.2. The summed E-state index contributed by atoms with van der Waals surface area (Å²) < 4.78 is 17.0. The van der Waals surface area contributed by atoms with Crippen LogP contribution in [0.5, 0.6) is 5.75 Å². The second-order valence-corrected chi connectivity index (χ2v) is 7.37. The van der Waals surface area contributed by atoms with E-state index in [2.05, 4.69) is 16.7 Å². The first-order valence-electron chi connectivity index (χ1n) is 10.4. The molecule has 0 aliphatic carbocycles. The second kappa shape index (κ2) is 10.0. The number of nitrogens with zero attached hydrogens (tertiary/aromatic N) is 2. The van der Waals surface area contributed by atoms with Crippen molar-refractivity contribution in [3.8, 4) is 17.9 Å². The smallest absolute Gasteiger partial charge is 0.336 e. The van der Waals surface area contributed by atoms with Crippen LogP contribution in [-0.2, 0) is 14.3 Å². The van der Waals surface area contributed by atoms with Crippen LogP contribution in [0.1, 0.15) is 44.2 Å². The van der Waals surface area contributed by atoms with Crippen LogP contribution in [0.2, 0.25) is 0 Å². The lowest BCUT2D eigenvalue weighted by atomic mass is 9.77. The van der Waals surface area contributed by atoms with Crippen LogP contribution in [-0.4, -0.2) is 32.5 Å². The van der Waals surface area contributed by atoms with E-state index in [1.807, 2.05) is 33.0 Å². The lowest BCUT2D eigenvalue weighted by Crippen LogP contribution is -2.43. The van der Waals surface area contributed by atoms with Crippen LogP contribution in [0.25, 0.3) is 0 Å². The Morgan fingerprint density at radius 2 is 2.03 bits per heavy atom. The summed E-state index contributed by atoms with van der Waals surface area (Å²) in [7, 11) is 1.53. The highest BCUT2D eigenvalue weighted by atomic mass is 16.5. The quantitative estimate of drug-likeness (QED) is 0.497. The van der Waals surface area contributed by atoms with Crippen molar-refractivity contribution >= 4 is 5.97 Å². The molecule has 0 amide bonds. The lowest BCUT2D eigenvalue weighted by molar-refractivity contribution is -0.139. The third kappa shape index (κ3) is 4.32. The van der Waals surface area contributed by atoms with Crippen molar-refractivity contribution in [2.75, 3.05) is 20.3 Å². The van der Waals surface area contributed by atoms with Crippen LogP contribution in [0.4, 0.5) is 0 Å². The third-order valence-electron chi connectivity index (χ3n) is 5.41. The Labute approximate surface area is 187 Å². The average molecular weight is 434 g/mol. The highest BCUT2D eigenvalue weighted by Crippen LogP contribution is 2.46. The fraction of sp³-hybridized carbons (Fsp3) is 0.375. The number of ether oxygens (including phenoxy) is 3. The second-order valence-electron chi connectivity index (χ2n) is 7.37. The van der Waals surface area contributed by atoms with E-state index in [9.17, 15) is 10.1 Å². The summed E-state index contributed by atoms with van der Waals surface area (Å²) in [6, 6.07) is 9.24. The number of hydrogen-bond donors (Lipinski definition) is 2. The lowest BCUT2D eigenvalue weighted by Gasteiger charge is -2.39. The number of nitrogens with one attached hydrogen (secondary N) is 2. The van der Waals surface area contributed by atoms with Gasteiger partial charge in [0.15, 0.2) is 6.23 Å². The fourth-order valence-electron chi connectivity index (χ4n) is 4.00. The van der Waals surface area contributed by atoms with Crippen LogP contribution in [0, 0.1) is 22.7 Å². The summed E-state index contributed by atoms with van der Waals surface area (Å²) in [5.74, 6) is -0.577. The number of esters is 1. The first kappa shape index (κ1) is 22.9. The maximum atomic E-state index is 13.2. The van der Waals surface area contributed by atoms with Gasteiger partial charge in [-0.1, -0.05) is 6.07 Å². The molecule has 3 rings (SSSR count). The van der Waals surface area contributed by atoms with Gasteiger partial charge in [-0.25, -0.2) is 4.79 Å². The molecule has 0 fully saturated rings. The molecule has 0 aromatic heterocycles. The van der Waals surface area contributed by atoms with Gasteiger partial charge >= 0.3 is 5.97 Å². The van der Waals surface area contributed by atoms with Gasteiger partial charge in [0.1, 0.15) is 12.4 Å². The maximum Gasteiger partial charge on any atom is 0.336 e. The van der Waals surface area contributed by atoms with E-state index in [0.29, 0.717) is 34.8 Å². The van der Waals surface area contributed by atoms with Crippen LogP contribution in [0.3, 0.4) is 0 Å². The minimum atomic E-state index is -0.545. The molecule has 32 heavy (non-hydrogen) atoms. The number of carbonyl (C=O) groups excluding carboxylic acids is 1. The minimum Gasteiger partial charge on any atom is -0.496 e. The molecule has 8 heteroatoms. The number of allylic oxidation sites excluding steroid dienone is 2. The Balaban J connectivity index is 2.21. The Hall–Kier alpha value is -3.75. The normalized spacial score (nSPS) is 19.6. The van der Waals surface area contributed by atoms with Gasteiger partial charge in [-0.05, 0) is 38.5 Å². The molecule has 166 valence electrons. The number of hydrogen-bond acceptors (Lipinski definition) is 8. The Morgan fingerprint density at radius 1 is 1.25 bits per heavy atom. The zero-order chi connectivity index (χ0) is 23.3. The zero-order valence-electron chi connectivity index (χ0n) is 18.6. The van der Waals surface area contributed by atoms with Gasteiger partial charge in [0.25, 0.3) is 0 Å². The monoisotopic (exact) mass is 434 g/mol. The number of dihydropyridines is 2. The molecule has 2 N–H and O–H groups in total. The molecular weight excluding hydrogens is 408 g/mol. The number of methoxy groups -OCH3 is 1. The van der Waals surface area contributed by atoms with Gasteiger partial charge in [-0.3, -0.25) is 0 Å². The SMILES string of the molecule is CCOC1NC=C(C)C2=C1C(c1ccc(C#N)cc1OC)C(C(=O)OCCC#N)=C(C)N2. The van der Waals surface area contributed by atoms with Crippen LogP contribution in [0.15, 0.2) is 52.5 Å². The molecule has 0 spiro atoms. The highest BCUT2D eigenvalue weighted by Gasteiger charge is 2.41. The van der Waals surface area contributed by atoms with E-state index in [4.69, 9.17) is 19.5 Å². The van der Waals surface area contributed by atoms with Gasteiger partial charge in [0.05, 0.1) is 36.8 Å². The standard InChI is InChI=1S/C24H26N4O4/c1-5-31-23-21-20(17-8-7-16(12-26)11-18(17)30-4)19(24(29)32-10-6-9-25)15(3)28-22(21)14(2)13-27-23/h7-8,11,13,20,23,27-28H,5-6,10H2,1-4H3. The molecule has 0 saturated carbocycles. The molecule has 1 aromatic rings. The Morgan fingerprint density at radius 3 is 2.69 bits per heavy atom. The number of benzene rings is 1. The van der Waals surface area contributed by atoms with Crippen molar-refractivity contribution in [2.45, 2.75) is 39.3 Å². The average Bonchev–Trinajstić information content (AvgIpc) is 2.80. The highest BCUT2D eigenvalue weighted by molar-refractivity contribution is 5.93.